The molecular weight excluding hydrogens is 114 g/mol. The molecule has 1 nitrogen and oxygen atoms in total. The second kappa shape index (κ2) is 3.18. The standard InChI is InChI=1S/C3H3NS.S/c1-2-5-3-4-1;/h1-3H;. The Balaban J connectivity index is 0.000000250. The normalized spacial score (nSPS) is 6.67. The summed E-state index contributed by atoms with van der Waals surface area (Å²) in [4.78, 5) is 3.74. The lowest BCUT2D eigenvalue weighted by Gasteiger charge is -1.41. The molecule has 0 bridgehead atoms. The Morgan fingerprint density at radius 2 is 2.33 bits per heavy atom. The number of nitrogens with zero attached hydrogens (tertiary/aromatic N) is 1. The van der Waals surface area contributed by atoms with Gasteiger partial charge in [0.1, 0.15) is 0 Å². The summed E-state index contributed by atoms with van der Waals surface area (Å²) >= 11 is 1.60. The van der Waals surface area contributed by atoms with E-state index in [1.807, 2.05) is 5.38 Å². The van der Waals surface area contributed by atoms with Crippen LogP contribution in [0.1, 0.15) is 0 Å². The Labute approximate surface area is 47.5 Å². The van der Waals surface area contributed by atoms with Crippen LogP contribution < -0.4 is 0 Å². The number of hydrogen-bond donors (Lipinski definition) is 0. The first-order chi connectivity index (χ1) is 2.50. The van der Waals surface area contributed by atoms with Crippen LogP contribution in [0.2, 0.25) is 0 Å². The van der Waals surface area contributed by atoms with E-state index in [1.165, 1.54) is 0 Å². The van der Waals surface area contributed by atoms with Crippen LogP contribution >= 0.6 is 24.8 Å². The summed E-state index contributed by atoms with van der Waals surface area (Å²) in [6.07, 6.45) is 1.77. The molecule has 0 N–H and O–H groups in total. The predicted molar refractivity (Wildman–Crippen MR) is 29.7 cm³/mol. The van der Waals surface area contributed by atoms with Crippen molar-refractivity contribution in [2.45, 2.75) is 0 Å². The summed E-state index contributed by atoms with van der Waals surface area (Å²) in [7, 11) is 0. The zero-order valence-corrected chi connectivity index (χ0v) is 4.63. The van der Waals surface area contributed by atoms with Crippen molar-refractivity contribution >= 4 is 24.8 Å². The topological polar surface area (TPSA) is 12.9 Å². The fraction of sp³-hybridized carbons (Fsp3) is 0. The molecule has 0 saturated heterocycles. The van der Waals surface area contributed by atoms with Crippen molar-refractivity contribution in [3.63, 3.8) is 0 Å². The molecule has 0 aliphatic heterocycles. The largest absolute Gasteiger partial charge is 0.253 e. The van der Waals surface area contributed by atoms with Crippen molar-refractivity contribution in [2.75, 3.05) is 0 Å². The molecule has 0 unspecified atom stereocenters. The van der Waals surface area contributed by atoms with Gasteiger partial charge in [-0.25, -0.2) is 0 Å². The van der Waals surface area contributed by atoms with E-state index < -0.39 is 0 Å². The van der Waals surface area contributed by atoms with Gasteiger partial charge in [-0.15, -0.1) is 11.3 Å². The average molecular weight is 117 g/mol. The van der Waals surface area contributed by atoms with Crippen LogP contribution in [0.5, 0.6) is 0 Å². The lowest BCUT2D eigenvalue weighted by molar-refractivity contribution is 1.43. The minimum atomic E-state index is 0. The Bertz CT molecular complexity index is 65.3. The number of thiazole rings is 1. The van der Waals surface area contributed by atoms with E-state index in [1.54, 1.807) is 23.0 Å². The first-order valence-corrected chi connectivity index (χ1v) is 2.26. The molecule has 32 valence electrons. The summed E-state index contributed by atoms with van der Waals surface area (Å²) in [5.41, 5.74) is 1.79. The molecule has 1 aromatic heterocycles. The predicted octanol–water partition coefficient (Wildman–Crippen LogP) is 1.79. The Hall–Kier alpha value is -0.0200. The van der Waals surface area contributed by atoms with Crippen molar-refractivity contribution in [3.8, 4) is 0 Å². The molecule has 1 aromatic rings. The summed E-state index contributed by atoms with van der Waals surface area (Å²) in [5, 5.41) is 1.93. The van der Waals surface area contributed by atoms with Crippen LogP contribution in [0.25, 0.3) is 0 Å². The highest BCUT2D eigenvalue weighted by molar-refractivity contribution is 7.59. The lowest BCUT2D eigenvalue weighted by atomic mass is 11.0. The second-order valence-electron chi connectivity index (χ2n) is 0.676. The van der Waals surface area contributed by atoms with Crippen LogP contribution in [0.4, 0.5) is 0 Å². The molecule has 0 saturated carbocycles. The third-order valence-corrected chi connectivity index (χ3v) is 0.869. The first-order valence-electron chi connectivity index (χ1n) is 1.32. The smallest absolute Gasteiger partial charge is 0.0791 e. The third kappa shape index (κ3) is 1.43. The van der Waals surface area contributed by atoms with E-state index in [0.717, 1.165) is 0 Å². The van der Waals surface area contributed by atoms with E-state index in [9.17, 15) is 0 Å². The number of rotatable bonds is 0. The molecule has 0 aliphatic carbocycles. The average Bonchev–Trinajstić information content (AvgIpc) is 1.76. The van der Waals surface area contributed by atoms with Gasteiger partial charge in [-0.1, -0.05) is 0 Å². The maximum absolute atomic E-state index is 3.74. The van der Waals surface area contributed by atoms with Gasteiger partial charge in [0.2, 0.25) is 0 Å². The second-order valence-corrected chi connectivity index (χ2v) is 1.43. The third-order valence-electron chi connectivity index (χ3n) is 0.347. The van der Waals surface area contributed by atoms with Crippen molar-refractivity contribution < 1.29 is 0 Å². The summed E-state index contributed by atoms with van der Waals surface area (Å²) < 4.78 is 0. The van der Waals surface area contributed by atoms with E-state index in [0.29, 0.717) is 0 Å². The zero-order valence-electron chi connectivity index (χ0n) is 3.00. The van der Waals surface area contributed by atoms with Crippen LogP contribution in [-0.2, 0) is 0 Å². The van der Waals surface area contributed by atoms with Crippen molar-refractivity contribution in [3.05, 3.63) is 17.1 Å². The minimum absolute atomic E-state index is 0. The van der Waals surface area contributed by atoms with E-state index >= 15 is 0 Å². The monoisotopic (exact) mass is 117 g/mol. The van der Waals surface area contributed by atoms with Crippen LogP contribution in [-0.4, -0.2) is 4.98 Å². The fourth-order valence-corrected chi connectivity index (χ4v) is 0.527. The molecule has 0 amide bonds. The van der Waals surface area contributed by atoms with Gasteiger partial charge in [-0.2, -0.15) is 0 Å². The zero-order chi connectivity index (χ0) is 3.54. The molecule has 6 heavy (non-hydrogen) atoms. The van der Waals surface area contributed by atoms with Gasteiger partial charge < -0.3 is 0 Å². The Morgan fingerprint density at radius 1 is 1.50 bits per heavy atom. The van der Waals surface area contributed by atoms with Gasteiger partial charge in [0.05, 0.1) is 5.51 Å². The molecule has 1 rings (SSSR count). The van der Waals surface area contributed by atoms with Crippen molar-refractivity contribution in [1.29, 1.82) is 0 Å². The SMILES string of the molecule is [S].c1cscn1. The highest BCUT2D eigenvalue weighted by atomic mass is 32.1. The van der Waals surface area contributed by atoms with E-state index in [2.05, 4.69) is 4.98 Å². The Kier molecular flexibility index (Phi) is 3.17. The van der Waals surface area contributed by atoms with Crippen LogP contribution in [0.15, 0.2) is 17.1 Å². The van der Waals surface area contributed by atoms with Gasteiger partial charge in [0.25, 0.3) is 0 Å². The van der Waals surface area contributed by atoms with Crippen molar-refractivity contribution in [1.82, 2.24) is 4.98 Å². The Morgan fingerprint density at radius 3 is 2.50 bits per heavy atom. The number of hydrogen-bond acceptors (Lipinski definition) is 2. The van der Waals surface area contributed by atoms with E-state index in [4.69, 9.17) is 0 Å². The summed E-state index contributed by atoms with van der Waals surface area (Å²) in [5.74, 6) is 0. The van der Waals surface area contributed by atoms with E-state index in [-0.39, 0.29) is 13.5 Å². The molecule has 0 fully saturated rings. The van der Waals surface area contributed by atoms with Gasteiger partial charge in [0, 0.05) is 25.1 Å². The molecule has 3 heteroatoms. The number of aromatic nitrogens is 1. The highest BCUT2D eigenvalue weighted by Crippen LogP contribution is 1.85. The first kappa shape index (κ1) is 5.98. The van der Waals surface area contributed by atoms with Crippen molar-refractivity contribution in [2.24, 2.45) is 0 Å². The van der Waals surface area contributed by atoms with Crippen LogP contribution in [0, 0.1) is 0 Å². The lowest BCUT2D eigenvalue weighted by Crippen LogP contribution is -1.38. The van der Waals surface area contributed by atoms with Gasteiger partial charge in [0.15, 0.2) is 0 Å². The fourth-order valence-electron chi connectivity index (χ4n) is 0.176. The molecule has 0 aromatic carbocycles. The quantitative estimate of drug-likeness (QED) is 0.505. The molecule has 0 aliphatic rings. The minimum Gasteiger partial charge on any atom is -0.253 e. The molecule has 0 atom stereocenters. The van der Waals surface area contributed by atoms with Gasteiger partial charge >= 0.3 is 0 Å². The summed E-state index contributed by atoms with van der Waals surface area (Å²) in [6.45, 7) is 0. The molecular formula is C3H3NS2. The molecule has 2 radical (unpaired) electrons. The summed E-state index contributed by atoms with van der Waals surface area (Å²) in [6, 6.07) is 0. The molecule has 0 spiro atoms. The van der Waals surface area contributed by atoms with Crippen LogP contribution in [0.3, 0.4) is 0 Å². The maximum atomic E-state index is 3.74. The molecule has 1 heterocycles. The van der Waals surface area contributed by atoms with Gasteiger partial charge in [-0.05, 0) is 0 Å². The maximum Gasteiger partial charge on any atom is 0.0791 e. The van der Waals surface area contributed by atoms with Gasteiger partial charge in [-0.3, -0.25) is 4.98 Å². The highest BCUT2D eigenvalue weighted by Gasteiger charge is 1.59.